The van der Waals surface area contributed by atoms with E-state index < -0.39 is 0 Å². The first-order valence-corrected chi connectivity index (χ1v) is 4.76. The van der Waals surface area contributed by atoms with Gasteiger partial charge in [0.25, 0.3) is 0 Å². The average molecular weight is 164 g/mol. The van der Waals surface area contributed by atoms with Crippen molar-refractivity contribution in [2.75, 3.05) is 18.6 Å². The summed E-state index contributed by atoms with van der Waals surface area (Å²) >= 11 is 6.67. The zero-order valence-electron chi connectivity index (χ0n) is 5.85. The smallest absolute Gasteiger partial charge is 0.160 e. The molecule has 0 radical (unpaired) electrons. The van der Waals surface area contributed by atoms with Crippen LogP contribution in [-0.4, -0.2) is 23.7 Å². The van der Waals surface area contributed by atoms with Gasteiger partial charge in [-0.05, 0) is 25.4 Å². The Morgan fingerprint density at radius 2 is 2.33 bits per heavy atom. The number of ether oxygens (including phenoxy) is 1. The highest BCUT2D eigenvalue weighted by atomic mass is 32.2. The Morgan fingerprint density at radius 1 is 1.67 bits per heavy atom. The second kappa shape index (κ2) is 6.36. The monoisotopic (exact) mass is 164 g/mol. The zero-order valence-corrected chi connectivity index (χ0v) is 7.48. The summed E-state index contributed by atoms with van der Waals surface area (Å²) in [5.41, 5.74) is 0. The normalized spacial score (nSPS) is 9.11. The molecule has 1 nitrogen and oxygen atoms in total. The molecule has 0 saturated carbocycles. The Labute approximate surface area is 66.2 Å². The van der Waals surface area contributed by atoms with Crippen LogP contribution in [0.25, 0.3) is 0 Å². The summed E-state index contributed by atoms with van der Waals surface area (Å²) in [5, 5.41) is 0.742. The van der Waals surface area contributed by atoms with Crippen molar-refractivity contribution in [3.8, 4) is 0 Å². The first kappa shape index (κ1) is 9.24. The minimum absolute atomic E-state index is 0.702. The van der Waals surface area contributed by atoms with E-state index in [1.165, 1.54) is 0 Å². The van der Waals surface area contributed by atoms with Gasteiger partial charge in [0.05, 0.1) is 6.61 Å². The molecule has 0 aromatic heterocycles. The van der Waals surface area contributed by atoms with Gasteiger partial charge in [-0.3, -0.25) is 0 Å². The molecule has 0 aliphatic heterocycles. The van der Waals surface area contributed by atoms with Crippen LogP contribution in [0.2, 0.25) is 0 Å². The number of thiocarbonyl (C=S) groups is 1. The Balaban J connectivity index is 3.06. The third kappa shape index (κ3) is 6.12. The Hall–Kier alpha value is 0.240. The minimum atomic E-state index is 0.702. The van der Waals surface area contributed by atoms with Crippen LogP contribution in [0.4, 0.5) is 0 Å². The first-order valence-electron chi connectivity index (χ1n) is 2.95. The van der Waals surface area contributed by atoms with E-state index in [4.69, 9.17) is 17.0 Å². The lowest BCUT2D eigenvalue weighted by Gasteiger charge is -2.01. The molecule has 0 amide bonds. The number of rotatable bonds is 4. The third-order valence-electron chi connectivity index (χ3n) is 0.816. The molecular weight excluding hydrogens is 152 g/mol. The number of hydrogen-bond acceptors (Lipinski definition) is 3. The van der Waals surface area contributed by atoms with Gasteiger partial charge in [-0.1, -0.05) is 0 Å². The molecule has 0 aliphatic rings. The molecule has 0 atom stereocenters. The molecule has 0 aromatic rings. The standard InChI is InChI=1S/C6H12OS2/c1-3-7-6(8)4-5-9-2/h3-5H2,1-2H3. The highest BCUT2D eigenvalue weighted by Crippen LogP contribution is 1.98. The number of hydrogen-bond donors (Lipinski definition) is 0. The Kier molecular flexibility index (Phi) is 6.53. The molecule has 0 bridgehead atoms. The van der Waals surface area contributed by atoms with Gasteiger partial charge < -0.3 is 4.74 Å². The van der Waals surface area contributed by atoms with Crippen LogP contribution < -0.4 is 0 Å². The fourth-order valence-corrected chi connectivity index (χ4v) is 1.16. The van der Waals surface area contributed by atoms with Crippen LogP contribution in [0, 0.1) is 0 Å². The van der Waals surface area contributed by atoms with Crippen LogP contribution in [0.5, 0.6) is 0 Å². The molecule has 0 unspecified atom stereocenters. The van der Waals surface area contributed by atoms with Gasteiger partial charge in [0.1, 0.15) is 0 Å². The van der Waals surface area contributed by atoms with E-state index in [-0.39, 0.29) is 0 Å². The number of thioether (sulfide) groups is 1. The van der Waals surface area contributed by atoms with Crippen molar-refractivity contribution in [1.29, 1.82) is 0 Å². The van der Waals surface area contributed by atoms with Gasteiger partial charge >= 0.3 is 0 Å². The molecule has 9 heavy (non-hydrogen) atoms. The molecule has 0 rings (SSSR count). The summed E-state index contributed by atoms with van der Waals surface area (Å²) in [5.74, 6) is 1.07. The van der Waals surface area contributed by atoms with Crippen molar-refractivity contribution in [2.24, 2.45) is 0 Å². The summed E-state index contributed by atoms with van der Waals surface area (Å²) < 4.78 is 5.06. The van der Waals surface area contributed by atoms with Gasteiger partial charge in [0.15, 0.2) is 5.05 Å². The molecule has 0 spiro atoms. The van der Waals surface area contributed by atoms with Crippen molar-refractivity contribution >= 4 is 29.0 Å². The maximum Gasteiger partial charge on any atom is 0.160 e. The van der Waals surface area contributed by atoms with Gasteiger partial charge in [-0.25, -0.2) is 0 Å². The second-order valence-electron chi connectivity index (χ2n) is 1.55. The van der Waals surface area contributed by atoms with E-state index in [0.717, 1.165) is 17.2 Å². The molecule has 54 valence electrons. The maximum atomic E-state index is 5.06. The van der Waals surface area contributed by atoms with Gasteiger partial charge in [0.2, 0.25) is 0 Å². The summed E-state index contributed by atoms with van der Waals surface area (Å²) in [4.78, 5) is 0. The molecule has 0 heterocycles. The fraction of sp³-hybridized carbons (Fsp3) is 0.833. The van der Waals surface area contributed by atoms with Crippen molar-refractivity contribution < 1.29 is 4.74 Å². The van der Waals surface area contributed by atoms with Gasteiger partial charge in [-0.2, -0.15) is 11.8 Å². The summed E-state index contributed by atoms with van der Waals surface area (Å²) in [6, 6.07) is 0. The van der Waals surface area contributed by atoms with E-state index in [1.807, 2.05) is 6.92 Å². The quantitative estimate of drug-likeness (QED) is 0.589. The van der Waals surface area contributed by atoms with Crippen LogP contribution >= 0.6 is 24.0 Å². The second-order valence-corrected chi connectivity index (χ2v) is 2.99. The highest BCUT2D eigenvalue weighted by Gasteiger charge is 1.92. The fourth-order valence-electron chi connectivity index (χ4n) is 0.419. The van der Waals surface area contributed by atoms with Crippen LogP contribution in [-0.2, 0) is 4.74 Å². The van der Waals surface area contributed by atoms with Crippen LogP contribution in [0.15, 0.2) is 0 Å². The zero-order chi connectivity index (χ0) is 7.11. The van der Waals surface area contributed by atoms with Crippen molar-refractivity contribution in [3.05, 3.63) is 0 Å². The minimum Gasteiger partial charge on any atom is -0.487 e. The molecule has 0 N–H and O–H groups in total. The third-order valence-corrected chi connectivity index (χ3v) is 1.75. The summed E-state index contributed by atoms with van der Waals surface area (Å²) in [7, 11) is 0. The topological polar surface area (TPSA) is 9.23 Å². The lowest BCUT2D eigenvalue weighted by Crippen LogP contribution is -2.01. The Morgan fingerprint density at radius 3 is 2.78 bits per heavy atom. The largest absolute Gasteiger partial charge is 0.487 e. The van der Waals surface area contributed by atoms with E-state index in [0.29, 0.717) is 6.61 Å². The summed E-state index contributed by atoms with van der Waals surface area (Å²) in [6.45, 7) is 2.65. The molecule has 0 saturated heterocycles. The predicted molar refractivity (Wildman–Crippen MR) is 47.2 cm³/mol. The van der Waals surface area contributed by atoms with Crippen LogP contribution in [0.1, 0.15) is 13.3 Å². The van der Waals surface area contributed by atoms with Gasteiger partial charge in [-0.15, -0.1) is 0 Å². The molecule has 0 fully saturated rings. The molecule has 3 heteroatoms. The predicted octanol–water partition coefficient (Wildman–Crippen LogP) is 2.10. The molecule has 0 aliphatic carbocycles. The maximum absolute atomic E-state index is 5.06. The van der Waals surface area contributed by atoms with E-state index >= 15 is 0 Å². The lowest BCUT2D eigenvalue weighted by molar-refractivity contribution is 0.329. The summed E-state index contributed by atoms with van der Waals surface area (Å²) in [6.07, 6.45) is 2.97. The van der Waals surface area contributed by atoms with Crippen molar-refractivity contribution in [3.63, 3.8) is 0 Å². The van der Waals surface area contributed by atoms with Crippen LogP contribution in [0.3, 0.4) is 0 Å². The SMILES string of the molecule is CCOC(=S)CCSC. The van der Waals surface area contributed by atoms with Crippen molar-refractivity contribution in [2.45, 2.75) is 13.3 Å². The average Bonchev–Trinajstić information content (AvgIpc) is 1.85. The highest BCUT2D eigenvalue weighted by molar-refractivity contribution is 7.98. The van der Waals surface area contributed by atoms with Crippen molar-refractivity contribution in [1.82, 2.24) is 0 Å². The first-order chi connectivity index (χ1) is 4.31. The molecule has 0 aromatic carbocycles. The van der Waals surface area contributed by atoms with E-state index in [9.17, 15) is 0 Å². The van der Waals surface area contributed by atoms with E-state index in [1.54, 1.807) is 11.8 Å². The molecular formula is C6H12OS2. The lowest BCUT2D eigenvalue weighted by atomic mass is 10.5. The van der Waals surface area contributed by atoms with Gasteiger partial charge in [0, 0.05) is 12.2 Å². The van der Waals surface area contributed by atoms with E-state index in [2.05, 4.69) is 6.26 Å². The Bertz CT molecular complexity index is 83.1.